The Balaban J connectivity index is 1.56. The summed E-state index contributed by atoms with van der Waals surface area (Å²) >= 11 is 0. The van der Waals surface area contributed by atoms with Crippen LogP contribution in [0.5, 0.6) is 5.75 Å². The molecule has 0 bridgehead atoms. The monoisotopic (exact) mass is 358 g/mol. The quantitative estimate of drug-likeness (QED) is 0.851. The van der Waals surface area contributed by atoms with Gasteiger partial charge in [0, 0.05) is 19.3 Å². The SMILES string of the molecule is COc1ccc(-n2ccc(CNC(=O)N3CCC(C)(C(=O)O)C3)n2)cc1. The van der Waals surface area contributed by atoms with Crippen LogP contribution in [0.4, 0.5) is 4.79 Å². The molecule has 1 atom stereocenters. The largest absolute Gasteiger partial charge is 0.497 e. The van der Waals surface area contributed by atoms with Crippen molar-refractivity contribution in [3.05, 3.63) is 42.2 Å². The molecule has 0 spiro atoms. The Morgan fingerprint density at radius 2 is 2.04 bits per heavy atom. The molecule has 1 fully saturated rings. The zero-order valence-electron chi connectivity index (χ0n) is 14.8. The summed E-state index contributed by atoms with van der Waals surface area (Å²) in [7, 11) is 1.61. The Morgan fingerprint density at radius 3 is 2.65 bits per heavy atom. The van der Waals surface area contributed by atoms with Crippen LogP contribution in [0.1, 0.15) is 19.0 Å². The third-order valence-corrected chi connectivity index (χ3v) is 4.68. The van der Waals surface area contributed by atoms with Gasteiger partial charge < -0.3 is 20.1 Å². The number of hydrogen-bond acceptors (Lipinski definition) is 4. The first kappa shape index (κ1) is 17.8. The summed E-state index contributed by atoms with van der Waals surface area (Å²) in [6.07, 6.45) is 2.28. The van der Waals surface area contributed by atoms with E-state index < -0.39 is 11.4 Å². The highest BCUT2D eigenvalue weighted by atomic mass is 16.5. The van der Waals surface area contributed by atoms with Gasteiger partial charge in [0.05, 0.1) is 30.5 Å². The number of nitrogens with one attached hydrogen (secondary N) is 1. The molecule has 138 valence electrons. The summed E-state index contributed by atoms with van der Waals surface area (Å²) in [4.78, 5) is 25.1. The van der Waals surface area contributed by atoms with Crippen LogP contribution in [-0.4, -0.2) is 52.0 Å². The molecule has 8 heteroatoms. The zero-order chi connectivity index (χ0) is 18.7. The van der Waals surface area contributed by atoms with E-state index in [0.29, 0.717) is 13.0 Å². The summed E-state index contributed by atoms with van der Waals surface area (Å²) in [5, 5.41) is 16.5. The maximum atomic E-state index is 12.2. The number of likely N-dealkylation sites (tertiary alicyclic amines) is 1. The maximum absolute atomic E-state index is 12.2. The van der Waals surface area contributed by atoms with E-state index in [1.807, 2.05) is 36.5 Å². The van der Waals surface area contributed by atoms with Gasteiger partial charge in [-0.05, 0) is 43.7 Å². The Morgan fingerprint density at radius 1 is 1.31 bits per heavy atom. The van der Waals surface area contributed by atoms with Crippen LogP contribution < -0.4 is 10.1 Å². The van der Waals surface area contributed by atoms with E-state index in [9.17, 15) is 14.7 Å². The first-order valence-electron chi connectivity index (χ1n) is 8.36. The Kier molecular flexibility index (Phi) is 4.83. The predicted molar refractivity (Wildman–Crippen MR) is 94.3 cm³/mol. The molecule has 2 aromatic rings. The average molecular weight is 358 g/mol. The summed E-state index contributed by atoms with van der Waals surface area (Å²) in [6.45, 7) is 2.60. The molecular weight excluding hydrogens is 336 g/mol. The number of aliphatic carboxylic acids is 1. The van der Waals surface area contributed by atoms with Crippen molar-refractivity contribution in [1.82, 2.24) is 20.0 Å². The van der Waals surface area contributed by atoms with Gasteiger partial charge >= 0.3 is 12.0 Å². The minimum Gasteiger partial charge on any atom is -0.497 e. The summed E-state index contributed by atoms with van der Waals surface area (Å²) in [6, 6.07) is 9.05. The van der Waals surface area contributed by atoms with Crippen LogP contribution >= 0.6 is 0 Å². The van der Waals surface area contributed by atoms with Crippen molar-refractivity contribution in [2.24, 2.45) is 5.41 Å². The minimum absolute atomic E-state index is 0.217. The predicted octanol–water partition coefficient (Wildman–Crippen LogP) is 1.89. The molecule has 3 rings (SSSR count). The van der Waals surface area contributed by atoms with Crippen LogP contribution in [0, 0.1) is 5.41 Å². The highest BCUT2D eigenvalue weighted by molar-refractivity contribution is 5.79. The van der Waals surface area contributed by atoms with Gasteiger partial charge in [-0.25, -0.2) is 9.48 Å². The van der Waals surface area contributed by atoms with E-state index >= 15 is 0 Å². The van der Waals surface area contributed by atoms with Gasteiger partial charge in [0.2, 0.25) is 0 Å². The highest BCUT2D eigenvalue weighted by Gasteiger charge is 2.42. The fourth-order valence-corrected chi connectivity index (χ4v) is 2.92. The summed E-state index contributed by atoms with van der Waals surface area (Å²) in [5.74, 6) is -0.0987. The lowest BCUT2D eigenvalue weighted by atomic mass is 9.90. The number of carboxylic acids is 1. The maximum Gasteiger partial charge on any atom is 0.317 e. The van der Waals surface area contributed by atoms with Crippen LogP contribution in [0.25, 0.3) is 5.69 Å². The first-order valence-corrected chi connectivity index (χ1v) is 8.36. The Hall–Kier alpha value is -3.03. The molecular formula is C18H22N4O4. The molecule has 1 aromatic carbocycles. The fraction of sp³-hybridized carbons (Fsp3) is 0.389. The second-order valence-electron chi connectivity index (χ2n) is 6.65. The van der Waals surface area contributed by atoms with E-state index in [0.717, 1.165) is 17.1 Å². The number of urea groups is 1. The summed E-state index contributed by atoms with van der Waals surface area (Å²) in [5.41, 5.74) is 0.738. The topological polar surface area (TPSA) is 96.7 Å². The standard InChI is InChI=1S/C18H22N4O4/c1-18(16(23)24)8-10-21(12-18)17(25)19-11-13-7-9-22(20-13)14-3-5-15(26-2)6-4-14/h3-7,9H,8,10-12H2,1-2H3,(H,19,25)(H,23,24). The van der Waals surface area contributed by atoms with Crippen molar-refractivity contribution >= 4 is 12.0 Å². The molecule has 0 radical (unpaired) electrons. The molecule has 1 saturated heterocycles. The van der Waals surface area contributed by atoms with Crippen molar-refractivity contribution in [1.29, 1.82) is 0 Å². The van der Waals surface area contributed by atoms with Crippen LogP contribution in [0.2, 0.25) is 0 Å². The Labute approximate surface area is 151 Å². The number of nitrogens with zero attached hydrogens (tertiary/aromatic N) is 3. The van der Waals surface area contributed by atoms with Gasteiger partial charge in [-0.3, -0.25) is 4.79 Å². The van der Waals surface area contributed by atoms with Crippen molar-refractivity contribution in [2.75, 3.05) is 20.2 Å². The smallest absolute Gasteiger partial charge is 0.317 e. The number of hydrogen-bond donors (Lipinski definition) is 2. The normalized spacial score (nSPS) is 19.4. The molecule has 1 aromatic heterocycles. The molecule has 26 heavy (non-hydrogen) atoms. The molecule has 1 aliphatic heterocycles. The number of ether oxygens (including phenoxy) is 1. The second-order valence-corrected chi connectivity index (χ2v) is 6.65. The van der Waals surface area contributed by atoms with Gasteiger partial charge in [0.1, 0.15) is 5.75 Å². The van der Waals surface area contributed by atoms with Gasteiger partial charge in [-0.2, -0.15) is 5.10 Å². The lowest BCUT2D eigenvalue weighted by Crippen LogP contribution is -2.40. The lowest BCUT2D eigenvalue weighted by Gasteiger charge is -2.20. The second kappa shape index (κ2) is 7.07. The molecule has 2 heterocycles. The molecule has 2 amide bonds. The van der Waals surface area contributed by atoms with Gasteiger partial charge in [0.25, 0.3) is 0 Å². The van der Waals surface area contributed by atoms with Crippen molar-refractivity contribution in [2.45, 2.75) is 19.9 Å². The molecule has 0 saturated carbocycles. The van der Waals surface area contributed by atoms with Gasteiger partial charge in [0.15, 0.2) is 0 Å². The van der Waals surface area contributed by atoms with E-state index in [-0.39, 0.29) is 19.1 Å². The Bertz CT molecular complexity index is 802. The first-order chi connectivity index (χ1) is 12.4. The fourth-order valence-electron chi connectivity index (χ4n) is 2.92. The zero-order valence-corrected chi connectivity index (χ0v) is 14.8. The molecule has 0 aliphatic carbocycles. The summed E-state index contributed by atoms with van der Waals surface area (Å²) < 4.78 is 6.86. The van der Waals surface area contributed by atoms with E-state index in [4.69, 9.17) is 4.74 Å². The van der Waals surface area contributed by atoms with E-state index in [2.05, 4.69) is 10.4 Å². The van der Waals surface area contributed by atoms with Crippen LogP contribution in [0.3, 0.4) is 0 Å². The van der Waals surface area contributed by atoms with Crippen molar-refractivity contribution in [3.8, 4) is 11.4 Å². The van der Waals surface area contributed by atoms with E-state index in [1.165, 1.54) is 4.90 Å². The van der Waals surface area contributed by atoms with Crippen molar-refractivity contribution < 1.29 is 19.4 Å². The van der Waals surface area contributed by atoms with Crippen LogP contribution in [-0.2, 0) is 11.3 Å². The van der Waals surface area contributed by atoms with Crippen LogP contribution in [0.15, 0.2) is 36.5 Å². The molecule has 1 unspecified atom stereocenters. The third-order valence-electron chi connectivity index (χ3n) is 4.68. The van der Waals surface area contributed by atoms with Gasteiger partial charge in [-0.1, -0.05) is 0 Å². The number of methoxy groups -OCH3 is 1. The number of aromatic nitrogens is 2. The van der Waals surface area contributed by atoms with Gasteiger partial charge in [-0.15, -0.1) is 0 Å². The minimum atomic E-state index is -0.869. The number of benzene rings is 1. The highest BCUT2D eigenvalue weighted by Crippen LogP contribution is 2.29. The van der Waals surface area contributed by atoms with Crippen molar-refractivity contribution in [3.63, 3.8) is 0 Å². The number of rotatable bonds is 5. The molecule has 1 aliphatic rings. The third kappa shape index (κ3) is 3.63. The molecule has 2 N–H and O–H groups in total. The number of carbonyl (C=O) groups is 2. The lowest BCUT2D eigenvalue weighted by molar-refractivity contribution is -0.147. The number of carboxylic acid groups (broad SMARTS) is 1. The number of carbonyl (C=O) groups excluding carboxylic acids is 1. The average Bonchev–Trinajstić information content (AvgIpc) is 3.27. The number of amides is 2. The van der Waals surface area contributed by atoms with E-state index in [1.54, 1.807) is 18.7 Å². The molecule has 8 nitrogen and oxygen atoms in total.